The molecular weight excluding hydrogens is 466 g/mol. The third-order valence-electron chi connectivity index (χ3n) is 8.55. The highest BCUT2D eigenvalue weighted by Crippen LogP contribution is 2.55. The van der Waals surface area contributed by atoms with Gasteiger partial charge in [0, 0.05) is 48.0 Å². The van der Waals surface area contributed by atoms with Crippen molar-refractivity contribution >= 4 is 5.78 Å². The Kier molecular flexibility index (Phi) is 6.45. The molecule has 192 valence electrons. The normalized spacial score (nSPS) is 26.3. The molecule has 3 aliphatic rings. The lowest BCUT2D eigenvalue weighted by Gasteiger charge is -2.50. The van der Waals surface area contributed by atoms with Gasteiger partial charge in [-0.3, -0.25) is 9.78 Å². The van der Waals surface area contributed by atoms with Crippen LogP contribution in [0.15, 0.2) is 66.9 Å². The molecule has 0 bridgehead atoms. The van der Waals surface area contributed by atoms with Gasteiger partial charge in [-0.15, -0.1) is 0 Å². The van der Waals surface area contributed by atoms with E-state index in [1.54, 1.807) is 6.20 Å². The molecule has 6 rings (SSSR count). The molecule has 1 spiro atoms. The first kappa shape index (κ1) is 24.4. The number of aromatic nitrogens is 1. The maximum absolute atomic E-state index is 13.3. The number of rotatable bonds is 5. The molecule has 1 unspecified atom stereocenters. The molecule has 6 heteroatoms. The average molecular weight is 500 g/mol. The van der Waals surface area contributed by atoms with Crippen LogP contribution in [0.4, 0.5) is 0 Å². The van der Waals surface area contributed by atoms with Crippen molar-refractivity contribution < 1.29 is 24.1 Å². The highest BCUT2D eigenvalue weighted by Gasteiger charge is 2.56. The molecule has 0 amide bonds. The van der Waals surface area contributed by atoms with Crippen LogP contribution in [0.25, 0.3) is 0 Å². The van der Waals surface area contributed by atoms with Gasteiger partial charge in [-0.2, -0.15) is 0 Å². The Morgan fingerprint density at radius 3 is 2.65 bits per heavy atom. The number of carbonyl (C=O) groups is 1. The molecular formula is C31H33NO5. The van der Waals surface area contributed by atoms with E-state index in [-0.39, 0.29) is 23.7 Å². The van der Waals surface area contributed by atoms with Crippen LogP contribution in [-0.2, 0) is 39.1 Å². The Morgan fingerprint density at radius 1 is 1.05 bits per heavy atom. The molecule has 37 heavy (non-hydrogen) atoms. The summed E-state index contributed by atoms with van der Waals surface area (Å²) in [5.41, 5.74) is 5.43. The van der Waals surface area contributed by atoms with E-state index in [4.69, 9.17) is 14.2 Å². The zero-order chi connectivity index (χ0) is 25.5. The topological polar surface area (TPSA) is 77.9 Å². The molecule has 0 radical (unpaired) electrons. The number of Topliss-reactive ketones (excluding diaryl/α,β-unsaturated/α-hetero) is 1. The summed E-state index contributed by atoms with van der Waals surface area (Å²) in [6, 6.07) is 20.3. The number of nitrogens with zero attached hydrogens (tertiary/aromatic N) is 1. The highest BCUT2D eigenvalue weighted by molar-refractivity contribution is 5.97. The van der Waals surface area contributed by atoms with Gasteiger partial charge >= 0.3 is 0 Å². The van der Waals surface area contributed by atoms with Crippen molar-refractivity contribution in [2.45, 2.75) is 63.1 Å². The lowest BCUT2D eigenvalue weighted by molar-refractivity contribution is -0.237. The number of hydrogen-bond acceptors (Lipinski definition) is 6. The number of carbonyl (C=O) groups excluding carboxylic acids is 1. The van der Waals surface area contributed by atoms with Crippen LogP contribution in [0.2, 0.25) is 0 Å². The summed E-state index contributed by atoms with van der Waals surface area (Å²) in [5, 5.41) is 11.3. The minimum atomic E-state index is -0.960. The van der Waals surface area contributed by atoms with Crippen molar-refractivity contribution in [2.24, 2.45) is 5.92 Å². The molecule has 3 aromatic rings. The molecule has 1 aliphatic carbocycles. The van der Waals surface area contributed by atoms with Gasteiger partial charge in [0.2, 0.25) is 0 Å². The summed E-state index contributed by atoms with van der Waals surface area (Å²) in [5.74, 6) is -0.815. The van der Waals surface area contributed by atoms with E-state index in [2.05, 4.69) is 35.3 Å². The van der Waals surface area contributed by atoms with Crippen LogP contribution in [0, 0.1) is 12.8 Å². The molecule has 2 aromatic carbocycles. The van der Waals surface area contributed by atoms with E-state index >= 15 is 0 Å². The minimum Gasteiger partial charge on any atom is -0.368 e. The number of benzene rings is 2. The van der Waals surface area contributed by atoms with Crippen molar-refractivity contribution in [3.63, 3.8) is 0 Å². The Balaban J connectivity index is 1.39. The summed E-state index contributed by atoms with van der Waals surface area (Å²) in [6.07, 6.45) is 3.97. The van der Waals surface area contributed by atoms with E-state index in [1.807, 2.05) is 37.3 Å². The fourth-order valence-electron chi connectivity index (χ4n) is 6.62. The first-order chi connectivity index (χ1) is 18.0. The number of pyridine rings is 1. The summed E-state index contributed by atoms with van der Waals surface area (Å²) in [7, 11) is 0. The molecule has 2 aliphatic heterocycles. The fraction of sp³-hybridized carbons (Fsp3) is 0.419. The van der Waals surface area contributed by atoms with E-state index in [0.29, 0.717) is 31.6 Å². The maximum atomic E-state index is 13.3. The second kappa shape index (κ2) is 9.76. The molecule has 1 saturated heterocycles. The summed E-state index contributed by atoms with van der Waals surface area (Å²) < 4.78 is 18.2. The number of hydrogen-bond donors (Lipinski definition) is 1. The van der Waals surface area contributed by atoms with Gasteiger partial charge in [0.05, 0.1) is 19.8 Å². The van der Waals surface area contributed by atoms with Gasteiger partial charge in [0.15, 0.2) is 17.9 Å². The van der Waals surface area contributed by atoms with Crippen LogP contribution in [-0.4, -0.2) is 41.2 Å². The van der Waals surface area contributed by atoms with E-state index < -0.39 is 12.1 Å². The van der Waals surface area contributed by atoms with Gasteiger partial charge in [0.25, 0.3) is 0 Å². The lowest BCUT2D eigenvalue weighted by atomic mass is 9.57. The summed E-state index contributed by atoms with van der Waals surface area (Å²) >= 11 is 0. The van der Waals surface area contributed by atoms with Crippen molar-refractivity contribution in [3.05, 3.63) is 100 Å². The van der Waals surface area contributed by atoms with Crippen LogP contribution in [0.5, 0.6) is 0 Å². The van der Waals surface area contributed by atoms with Crippen LogP contribution in [0.1, 0.15) is 57.6 Å². The largest absolute Gasteiger partial charge is 0.368 e. The molecule has 2 fully saturated rings. The molecule has 1 aromatic heterocycles. The van der Waals surface area contributed by atoms with E-state index in [1.165, 1.54) is 5.56 Å². The second-order valence-electron chi connectivity index (χ2n) is 10.7. The zero-order valence-electron chi connectivity index (χ0n) is 21.2. The molecule has 1 saturated carbocycles. The Hall–Kier alpha value is -2.90. The smallest absolute Gasteiger partial charge is 0.169 e. The predicted molar refractivity (Wildman–Crippen MR) is 138 cm³/mol. The average Bonchev–Trinajstić information content (AvgIpc) is 3.34. The Bertz CT molecular complexity index is 1290. The molecule has 6 nitrogen and oxygen atoms in total. The minimum absolute atomic E-state index is 0.0488. The lowest BCUT2D eigenvalue weighted by Crippen LogP contribution is -2.53. The second-order valence-corrected chi connectivity index (χ2v) is 10.7. The first-order valence-corrected chi connectivity index (χ1v) is 13.2. The van der Waals surface area contributed by atoms with E-state index in [9.17, 15) is 9.90 Å². The SMILES string of the molecule is Cc1ncccc1CC(=O)c1ccc2c(c1)COC(O)[C@H]1CC3(CC[C@@]21Cc1ccccc1)OCCO3. The number of aryl methyl sites for hydroxylation is 1. The van der Waals surface area contributed by atoms with E-state index in [0.717, 1.165) is 41.6 Å². The highest BCUT2D eigenvalue weighted by atomic mass is 16.7. The quantitative estimate of drug-likeness (QED) is 0.514. The maximum Gasteiger partial charge on any atom is 0.169 e. The molecule has 3 atom stereocenters. The number of aliphatic hydroxyl groups is 1. The monoisotopic (exact) mass is 499 g/mol. The molecule has 1 N–H and O–H groups in total. The van der Waals surface area contributed by atoms with Gasteiger partial charge in [-0.1, -0.05) is 48.5 Å². The third kappa shape index (κ3) is 4.53. The Morgan fingerprint density at radius 2 is 1.86 bits per heavy atom. The number of fused-ring (bicyclic) bond motifs is 3. The Labute approximate surface area is 217 Å². The zero-order valence-corrected chi connectivity index (χ0v) is 21.2. The van der Waals surface area contributed by atoms with Gasteiger partial charge in [-0.25, -0.2) is 0 Å². The number of ether oxygens (including phenoxy) is 3. The van der Waals surface area contributed by atoms with Crippen molar-refractivity contribution in [1.82, 2.24) is 4.98 Å². The number of ketones is 1. The predicted octanol–water partition coefficient (Wildman–Crippen LogP) is 4.69. The van der Waals surface area contributed by atoms with Crippen molar-refractivity contribution in [2.75, 3.05) is 13.2 Å². The van der Waals surface area contributed by atoms with Crippen LogP contribution in [0.3, 0.4) is 0 Å². The summed E-state index contributed by atoms with van der Waals surface area (Å²) in [6.45, 7) is 3.34. The first-order valence-electron chi connectivity index (χ1n) is 13.2. The summed E-state index contributed by atoms with van der Waals surface area (Å²) in [4.78, 5) is 17.6. The van der Waals surface area contributed by atoms with Gasteiger partial charge < -0.3 is 19.3 Å². The van der Waals surface area contributed by atoms with Crippen LogP contribution < -0.4 is 0 Å². The van der Waals surface area contributed by atoms with Crippen molar-refractivity contribution in [1.29, 1.82) is 0 Å². The van der Waals surface area contributed by atoms with Crippen LogP contribution >= 0.6 is 0 Å². The number of aliphatic hydroxyl groups excluding tert-OH is 1. The standard InChI is InChI=1S/C31H33NO5/c1-21-23(8-5-13-32-21)17-28(33)24-9-10-26-25(16-24)20-35-29(34)27-19-31(36-14-15-37-31)12-11-30(26,27)18-22-6-3-2-4-7-22/h2-10,13,16,27,29,34H,11-12,14-15,17-20H2,1H3/t27-,29?,30-/m1/s1. The third-order valence-corrected chi connectivity index (χ3v) is 8.55. The molecule has 3 heterocycles. The van der Waals surface area contributed by atoms with Gasteiger partial charge in [-0.05, 0) is 54.2 Å². The fourth-order valence-corrected chi connectivity index (χ4v) is 6.62. The van der Waals surface area contributed by atoms with Gasteiger partial charge in [0.1, 0.15) is 0 Å². The van der Waals surface area contributed by atoms with Crippen molar-refractivity contribution in [3.8, 4) is 0 Å².